The number of rotatable bonds is 4. The molecule has 0 bridgehead atoms. The monoisotopic (exact) mass is 319 g/mol. The summed E-state index contributed by atoms with van der Waals surface area (Å²) in [7, 11) is -3.96. The zero-order valence-electron chi connectivity index (χ0n) is 11.8. The van der Waals surface area contributed by atoms with Gasteiger partial charge >= 0.3 is 0 Å². The Morgan fingerprint density at radius 1 is 1.19 bits per heavy atom. The summed E-state index contributed by atoms with van der Waals surface area (Å²) in [4.78, 5) is 1.60. The van der Waals surface area contributed by atoms with E-state index in [1.807, 2.05) is 6.92 Å². The number of hydrogen-bond acceptors (Lipinski definition) is 4. The number of hydrogen-bond donors (Lipinski definition) is 1. The largest absolute Gasteiger partial charge is 0.326 e. The van der Waals surface area contributed by atoms with Gasteiger partial charge < -0.3 is 10.6 Å². The summed E-state index contributed by atoms with van der Waals surface area (Å²) in [5.74, 6) is -1.92. The van der Waals surface area contributed by atoms with Crippen LogP contribution in [0.1, 0.15) is 12.5 Å². The zero-order chi connectivity index (χ0) is 15.6. The molecule has 21 heavy (non-hydrogen) atoms. The van der Waals surface area contributed by atoms with E-state index in [1.54, 1.807) is 0 Å². The molecule has 0 saturated carbocycles. The molecule has 1 aliphatic rings. The lowest BCUT2D eigenvalue weighted by Crippen LogP contribution is -2.48. The topological polar surface area (TPSA) is 66.6 Å². The Balaban J connectivity index is 2.33. The first-order valence-corrected chi connectivity index (χ1v) is 8.25. The van der Waals surface area contributed by atoms with Gasteiger partial charge in [-0.1, -0.05) is 6.92 Å². The highest BCUT2D eigenvalue weighted by molar-refractivity contribution is 7.89. The Kier molecular flexibility index (Phi) is 4.92. The summed E-state index contributed by atoms with van der Waals surface area (Å²) in [5, 5.41) is 0. The molecule has 1 aromatic rings. The molecule has 0 atom stereocenters. The minimum Gasteiger partial charge on any atom is -0.326 e. The fraction of sp³-hybridized carbons (Fsp3) is 0.538. The molecule has 1 aromatic carbocycles. The van der Waals surface area contributed by atoms with E-state index in [0.717, 1.165) is 18.7 Å². The SMILES string of the molecule is CCN1CCN(S(=O)(=O)c2ccc(F)c(CN)c2F)CC1. The lowest BCUT2D eigenvalue weighted by atomic mass is 10.2. The number of sulfonamides is 1. The van der Waals surface area contributed by atoms with Crippen molar-refractivity contribution >= 4 is 10.0 Å². The van der Waals surface area contributed by atoms with Gasteiger partial charge in [-0.05, 0) is 18.7 Å². The molecule has 118 valence electrons. The molecule has 2 N–H and O–H groups in total. The average Bonchev–Trinajstić information content (AvgIpc) is 2.47. The first-order chi connectivity index (χ1) is 9.91. The van der Waals surface area contributed by atoms with Gasteiger partial charge in [-0.25, -0.2) is 17.2 Å². The number of nitrogens with two attached hydrogens (primary N) is 1. The first kappa shape index (κ1) is 16.3. The smallest absolute Gasteiger partial charge is 0.246 e. The van der Waals surface area contributed by atoms with E-state index in [4.69, 9.17) is 5.73 Å². The Hall–Kier alpha value is -1.09. The molecule has 0 aliphatic carbocycles. The van der Waals surface area contributed by atoms with Gasteiger partial charge in [-0.2, -0.15) is 4.31 Å². The Bertz CT molecular complexity index is 614. The summed E-state index contributed by atoms with van der Waals surface area (Å²) in [6.07, 6.45) is 0. The molecule has 0 spiro atoms. The van der Waals surface area contributed by atoms with Gasteiger partial charge in [0.25, 0.3) is 0 Å². The van der Waals surface area contributed by atoms with Crippen molar-refractivity contribution in [2.45, 2.75) is 18.4 Å². The summed E-state index contributed by atoms with van der Waals surface area (Å²) in [6.45, 7) is 4.25. The van der Waals surface area contributed by atoms with Crippen LogP contribution in [0, 0.1) is 11.6 Å². The molecule has 8 heteroatoms. The Labute approximate surface area is 123 Å². The molecular formula is C13H19F2N3O2S. The van der Waals surface area contributed by atoms with Crippen molar-refractivity contribution in [1.82, 2.24) is 9.21 Å². The van der Waals surface area contributed by atoms with Gasteiger partial charge in [0.2, 0.25) is 10.0 Å². The highest BCUT2D eigenvalue weighted by Crippen LogP contribution is 2.24. The summed E-state index contributed by atoms with van der Waals surface area (Å²) in [5.41, 5.74) is 4.88. The van der Waals surface area contributed by atoms with E-state index in [2.05, 4.69) is 4.90 Å². The fourth-order valence-electron chi connectivity index (χ4n) is 2.39. The number of halogens is 2. The third-order valence-corrected chi connectivity index (χ3v) is 5.67. The molecule has 0 unspecified atom stereocenters. The molecule has 1 saturated heterocycles. The molecule has 1 fully saturated rings. The predicted octanol–water partition coefficient (Wildman–Crippen LogP) is 0.750. The van der Waals surface area contributed by atoms with E-state index in [-0.39, 0.29) is 6.54 Å². The highest BCUT2D eigenvalue weighted by Gasteiger charge is 2.31. The van der Waals surface area contributed by atoms with Crippen LogP contribution >= 0.6 is 0 Å². The van der Waals surface area contributed by atoms with Crippen LogP contribution in [0.15, 0.2) is 17.0 Å². The van der Waals surface area contributed by atoms with Crippen molar-refractivity contribution in [2.75, 3.05) is 32.7 Å². The van der Waals surface area contributed by atoms with Crippen molar-refractivity contribution in [3.63, 3.8) is 0 Å². The fourth-order valence-corrected chi connectivity index (χ4v) is 3.90. The van der Waals surface area contributed by atoms with Crippen LogP contribution in [0.2, 0.25) is 0 Å². The number of nitrogens with zero attached hydrogens (tertiary/aromatic N) is 2. The molecule has 5 nitrogen and oxygen atoms in total. The van der Waals surface area contributed by atoms with Gasteiger partial charge in [0.1, 0.15) is 10.7 Å². The van der Waals surface area contributed by atoms with Gasteiger partial charge in [0, 0.05) is 38.3 Å². The number of benzene rings is 1. The summed E-state index contributed by atoms with van der Waals surface area (Å²) < 4.78 is 53.8. The molecule has 1 heterocycles. The standard InChI is InChI=1S/C13H19F2N3O2S/c1-2-17-5-7-18(8-6-17)21(19,20)12-4-3-11(14)10(9-16)13(12)15/h3-4H,2,5-9,16H2,1H3. The van der Waals surface area contributed by atoms with Crippen LogP contribution in [0.25, 0.3) is 0 Å². The van der Waals surface area contributed by atoms with Crippen LogP contribution in [-0.4, -0.2) is 50.3 Å². The van der Waals surface area contributed by atoms with Crippen molar-refractivity contribution in [3.8, 4) is 0 Å². The quantitative estimate of drug-likeness (QED) is 0.889. The zero-order valence-corrected chi connectivity index (χ0v) is 12.7. The molecular weight excluding hydrogens is 300 g/mol. The average molecular weight is 319 g/mol. The van der Waals surface area contributed by atoms with Crippen molar-refractivity contribution in [3.05, 3.63) is 29.3 Å². The molecule has 2 rings (SSSR count). The second-order valence-corrected chi connectivity index (χ2v) is 6.79. The van der Waals surface area contributed by atoms with E-state index in [0.29, 0.717) is 26.2 Å². The van der Waals surface area contributed by atoms with Gasteiger partial charge in [-0.3, -0.25) is 0 Å². The maximum Gasteiger partial charge on any atom is 0.246 e. The van der Waals surface area contributed by atoms with Crippen LogP contribution in [0.5, 0.6) is 0 Å². The molecule has 0 amide bonds. The summed E-state index contributed by atoms with van der Waals surface area (Å²) in [6, 6.07) is 1.91. The van der Waals surface area contributed by atoms with Crippen molar-refractivity contribution in [2.24, 2.45) is 5.73 Å². The number of piperazine rings is 1. The Morgan fingerprint density at radius 2 is 1.81 bits per heavy atom. The van der Waals surface area contributed by atoms with E-state index in [1.165, 1.54) is 4.31 Å². The van der Waals surface area contributed by atoms with Crippen LogP contribution in [0.4, 0.5) is 8.78 Å². The minimum atomic E-state index is -3.96. The second kappa shape index (κ2) is 6.35. The van der Waals surface area contributed by atoms with Gasteiger partial charge in [-0.15, -0.1) is 0 Å². The van der Waals surface area contributed by atoms with Gasteiger partial charge in [0.05, 0.1) is 0 Å². The van der Waals surface area contributed by atoms with E-state index >= 15 is 0 Å². The van der Waals surface area contributed by atoms with E-state index < -0.39 is 32.1 Å². The maximum atomic E-state index is 14.2. The highest BCUT2D eigenvalue weighted by atomic mass is 32.2. The van der Waals surface area contributed by atoms with Gasteiger partial charge in [0.15, 0.2) is 5.82 Å². The Morgan fingerprint density at radius 3 is 2.33 bits per heavy atom. The lowest BCUT2D eigenvalue weighted by Gasteiger charge is -2.33. The third kappa shape index (κ3) is 3.08. The minimum absolute atomic E-state index is 0.297. The lowest BCUT2D eigenvalue weighted by molar-refractivity contribution is 0.196. The first-order valence-electron chi connectivity index (χ1n) is 6.81. The van der Waals surface area contributed by atoms with Crippen molar-refractivity contribution < 1.29 is 17.2 Å². The van der Waals surface area contributed by atoms with E-state index in [9.17, 15) is 17.2 Å². The van der Waals surface area contributed by atoms with Crippen molar-refractivity contribution in [1.29, 1.82) is 0 Å². The number of likely N-dealkylation sites (N-methyl/N-ethyl adjacent to an activating group) is 1. The second-order valence-electron chi connectivity index (χ2n) is 4.88. The molecule has 1 aliphatic heterocycles. The van der Waals surface area contributed by atoms with Crippen LogP contribution in [-0.2, 0) is 16.6 Å². The predicted molar refractivity (Wildman–Crippen MR) is 75.1 cm³/mol. The van der Waals surface area contributed by atoms with Crippen LogP contribution in [0.3, 0.4) is 0 Å². The molecule has 0 aromatic heterocycles. The molecule has 0 radical (unpaired) electrons. The summed E-state index contributed by atoms with van der Waals surface area (Å²) >= 11 is 0. The van der Waals surface area contributed by atoms with Crippen LogP contribution < -0.4 is 5.73 Å². The normalized spacial score (nSPS) is 18.1. The maximum absolute atomic E-state index is 14.2. The third-order valence-electron chi connectivity index (χ3n) is 3.75.